The molecular formula is C6H12O4. The lowest BCUT2D eigenvalue weighted by Gasteiger charge is -2.12. The fourth-order valence-corrected chi connectivity index (χ4v) is 0.597. The molecule has 0 aliphatic carbocycles. The van der Waals surface area contributed by atoms with E-state index in [1.165, 1.54) is 7.11 Å². The van der Waals surface area contributed by atoms with Crippen molar-refractivity contribution in [3.63, 3.8) is 0 Å². The number of methoxy groups -OCH3 is 1. The normalized spacial score (nSPS) is 16.3. The summed E-state index contributed by atoms with van der Waals surface area (Å²) in [5.74, 6) is -1.56. The van der Waals surface area contributed by atoms with Crippen LogP contribution in [0.5, 0.6) is 0 Å². The van der Waals surface area contributed by atoms with Crippen LogP contribution in [0, 0.1) is 5.92 Å². The quantitative estimate of drug-likeness (QED) is 0.575. The Labute approximate surface area is 59.4 Å². The van der Waals surface area contributed by atoms with E-state index in [2.05, 4.69) is 4.74 Å². The highest BCUT2D eigenvalue weighted by Crippen LogP contribution is 2.02. The van der Waals surface area contributed by atoms with Gasteiger partial charge in [0.1, 0.15) is 0 Å². The average Bonchev–Trinajstić information content (AvgIpc) is 1.87. The molecule has 0 heterocycles. The zero-order valence-corrected chi connectivity index (χ0v) is 6.07. The first-order chi connectivity index (χ1) is 4.59. The van der Waals surface area contributed by atoms with Crippen LogP contribution in [0.4, 0.5) is 0 Å². The van der Waals surface area contributed by atoms with E-state index in [1.807, 2.05) is 0 Å². The summed E-state index contributed by atoms with van der Waals surface area (Å²) in [6.45, 7) is 1.87. The molecule has 0 aromatic heterocycles. The fraction of sp³-hybridized carbons (Fsp3) is 0.833. The fourth-order valence-electron chi connectivity index (χ4n) is 0.597. The SMILES string of the molecule is COCC(C)C(O)C(=O)O. The standard InChI is InChI=1S/C6H12O4/c1-4(3-10-2)5(7)6(8)9/h4-5,7H,3H2,1-2H3,(H,8,9). The number of aliphatic carboxylic acids is 1. The molecule has 0 fully saturated rings. The van der Waals surface area contributed by atoms with E-state index in [-0.39, 0.29) is 12.5 Å². The molecule has 0 aromatic carbocycles. The van der Waals surface area contributed by atoms with Crippen LogP contribution in [-0.2, 0) is 9.53 Å². The number of hydrogen-bond acceptors (Lipinski definition) is 3. The first-order valence-corrected chi connectivity index (χ1v) is 2.99. The number of aliphatic hydroxyl groups excluding tert-OH is 1. The maximum absolute atomic E-state index is 10.1. The van der Waals surface area contributed by atoms with Crippen molar-refractivity contribution >= 4 is 5.97 Å². The van der Waals surface area contributed by atoms with E-state index in [0.717, 1.165) is 0 Å². The Morgan fingerprint density at radius 1 is 1.70 bits per heavy atom. The molecule has 0 aliphatic heterocycles. The van der Waals surface area contributed by atoms with E-state index < -0.39 is 12.1 Å². The van der Waals surface area contributed by atoms with Gasteiger partial charge in [0.05, 0.1) is 6.61 Å². The smallest absolute Gasteiger partial charge is 0.332 e. The van der Waals surface area contributed by atoms with Gasteiger partial charge in [-0.2, -0.15) is 0 Å². The molecule has 4 heteroatoms. The van der Waals surface area contributed by atoms with Crippen molar-refractivity contribution in [1.29, 1.82) is 0 Å². The van der Waals surface area contributed by atoms with Gasteiger partial charge in [0.25, 0.3) is 0 Å². The van der Waals surface area contributed by atoms with Crippen molar-refractivity contribution in [3.05, 3.63) is 0 Å². The molecule has 2 unspecified atom stereocenters. The predicted molar refractivity (Wildman–Crippen MR) is 34.7 cm³/mol. The van der Waals surface area contributed by atoms with E-state index in [0.29, 0.717) is 0 Å². The summed E-state index contributed by atoms with van der Waals surface area (Å²) in [5, 5.41) is 17.1. The minimum absolute atomic E-state index is 0.257. The van der Waals surface area contributed by atoms with Crippen LogP contribution in [0.1, 0.15) is 6.92 Å². The zero-order valence-electron chi connectivity index (χ0n) is 6.07. The summed E-state index contributed by atoms with van der Waals surface area (Å²) in [4.78, 5) is 10.1. The molecule has 4 nitrogen and oxygen atoms in total. The number of aliphatic hydroxyl groups is 1. The van der Waals surface area contributed by atoms with Crippen LogP contribution in [0.15, 0.2) is 0 Å². The highest BCUT2D eigenvalue weighted by Gasteiger charge is 2.20. The van der Waals surface area contributed by atoms with Crippen LogP contribution in [-0.4, -0.2) is 36.0 Å². The van der Waals surface area contributed by atoms with Crippen molar-refractivity contribution in [2.45, 2.75) is 13.0 Å². The van der Waals surface area contributed by atoms with Crippen molar-refractivity contribution in [3.8, 4) is 0 Å². The number of hydrogen-bond donors (Lipinski definition) is 2. The molecular weight excluding hydrogens is 136 g/mol. The zero-order chi connectivity index (χ0) is 8.15. The number of carboxylic acids is 1. The molecule has 60 valence electrons. The maximum atomic E-state index is 10.1. The van der Waals surface area contributed by atoms with E-state index in [1.54, 1.807) is 6.92 Å². The van der Waals surface area contributed by atoms with Gasteiger partial charge >= 0.3 is 5.97 Å². The molecule has 2 atom stereocenters. The molecule has 0 aromatic rings. The minimum Gasteiger partial charge on any atom is -0.479 e. The second-order valence-corrected chi connectivity index (χ2v) is 2.22. The molecule has 0 amide bonds. The average molecular weight is 148 g/mol. The molecule has 0 radical (unpaired) electrons. The Balaban J connectivity index is 3.69. The second kappa shape index (κ2) is 4.24. The summed E-state index contributed by atoms with van der Waals surface area (Å²) in [7, 11) is 1.46. The molecule has 10 heavy (non-hydrogen) atoms. The van der Waals surface area contributed by atoms with Gasteiger partial charge in [-0.1, -0.05) is 6.92 Å². The van der Waals surface area contributed by atoms with Gasteiger partial charge in [-0.3, -0.25) is 0 Å². The highest BCUT2D eigenvalue weighted by molar-refractivity contribution is 5.72. The van der Waals surface area contributed by atoms with Crippen LogP contribution in [0.3, 0.4) is 0 Å². The van der Waals surface area contributed by atoms with E-state index >= 15 is 0 Å². The van der Waals surface area contributed by atoms with Gasteiger partial charge in [-0.25, -0.2) is 4.79 Å². The van der Waals surface area contributed by atoms with Gasteiger partial charge in [-0.15, -0.1) is 0 Å². The Hall–Kier alpha value is -0.610. The lowest BCUT2D eigenvalue weighted by atomic mass is 10.1. The lowest BCUT2D eigenvalue weighted by Crippen LogP contribution is -2.29. The second-order valence-electron chi connectivity index (χ2n) is 2.22. The Morgan fingerprint density at radius 2 is 2.20 bits per heavy atom. The van der Waals surface area contributed by atoms with Gasteiger partial charge in [0.2, 0.25) is 0 Å². The third-order valence-electron chi connectivity index (χ3n) is 1.22. The topological polar surface area (TPSA) is 66.8 Å². The summed E-state index contributed by atoms with van der Waals surface area (Å²) < 4.78 is 4.65. The van der Waals surface area contributed by atoms with E-state index in [9.17, 15) is 4.79 Å². The number of carbonyl (C=O) groups is 1. The summed E-state index contributed by atoms with van der Waals surface area (Å²) >= 11 is 0. The number of carboxylic acid groups (broad SMARTS) is 1. The maximum Gasteiger partial charge on any atom is 0.332 e. The van der Waals surface area contributed by atoms with Gasteiger partial charge in [0, 0.05) is 13.0 Å². The van der Waals surface area contributed by atoms with Crippen molar-refractivity contribution in [2.24, 2.45) is 5.92 Å². The third kappa shape index (κ3) is 2.80. The van der Waals surface area contributed by atoms with Crippen LogP contribution >= 0.6 is 0 Å². The molecule has 0 aliphatic rings. The van der Waals surface area contributed by atoms with Crippen molar-refractivity contribution < 1.29 is 19.7 Å². The van der Waals surface area contributed by atoms with Crippen LogP contribution < -0.4 is 0 Å². The first kappa shape index (κ1) is 9.39. The molecule has 0 rings (SSSR count). The first-order valence-electron chi connectivity index (χ1n) is 2.99. The highest BCUT2D eigenvalue weighted by atomic mass is 16.5. The van der Waals surface area contributed by atoms with Gasteiger partial charge < -0.3 is 14.9 Å². The Bertz CT molecular complexity index is 112. The molecule has 0 bridgehead atoms. The monoisotopic (exact) mass is 148 g/mol. The van der Waals surface area contributed by atoms with Gasteiger partial charge in [0.15, 0.2) is 6.10 Å². The summed E-state index contributed by atoms with van der Waals surface area (Å²) in [6, 6.07) is 0. The Morgan fingerprint density at radius 3 is 2.50 bits per heavy atom. The van der Waals surface area contributed by atoms with E-state index in [4.69, 9.17) is 10.2 Å². The molecule has 0 spiro atoms. The number of rotatable bonds is 4. The Kier molecular flexibility index (Phi) is 3.99. The van der Waals surface area contributed by atoms with Crippen molar-refractivity contribution in [1.82, 2.24) is 0 Å². The number of ether oxygens (including phenoxy) is 1. The van der Waals surface area contributed by atoms with Crippen LogP contribution in [0.25, 0.3) is 0 Å². The largest absolute Gasteiger partial charge is 0.479 e. The minimum atomic E-state index is -1.32. The van der Waals surface area contributed by atoms with Gasteiger partial charge in [-0.05, 0) is 0 Å². The third-order valence-corrected chi connectivity index (χ3v) is 1.22. The summed E-state index contributed by atoms with van der Waals surface area (Å²) in [5.41, 5.74) is 0. The van der Waals surface area contributed by atoms with Crippen LogP contribution in [0.2, 0.25) is 0 Å². The molecule has 0 saturated heterocycles. The van der Waals surface area contributed by atoms with Crippen molar-refractivity contribution in [2.75, 3.05) is 13.7 Å². The molecule has 2 N–H and O–H groups in total. The molecule has 0 saturated carbocycles. The predicted octanol–water partition coefficient (Wildman–Crippen LogP) is -0.286. The summed E-state index contributed by atoms with van der Waals surface area (Å²) in [6.07, 6.45) is -1.32. The lowest BCUT2D eigenvalue weighted by molar-refractivity contribution is -0.150.